The van der Waals surface area contributed by atoms with Crippen LogP contribution >= 0.6 is 23.5 Å². The van der Waals surface area contributed by atoms with Crippen molar-refractivity contribution in [1.82, 2.24) is 0 Å². The zero-order valence-corrected chi connectivity index (χ0v) is 14.2. The lowest BCUT2D eigenvalue weighted by Gasteiger charge is -2.16. The number of methoxy groups -OCH3 is 1. The van der Waals surface area contributed by atoms with Crippen LogP contribution in [0.4, 0.5) is 0 Å². The Kier molecular flexibility index (Phi) is 6.89. The second-order valence-electron chi connectivity index (χ2n) is 3.88. The number of carbonyl (C=O) groups excluding carboxylic acids is 1. The number of hydrogen-bond donors (Lipinski definition) is 0. The van der Waals surface area contributed by atoms with Gasteiger partial charge in [-0.15, -0.1) is 0 Å². The van der Waals surface area contributed by atoms with Gasteiger partial charge in [0, 0.05) is 5.56 Å². The zero-order chi connectivity index (χ0) is 15.2. The molecular formula is C13H18BrO5P. The molecule has 0 aliphatic rings. The molecule has 0 aromatic heterocycles. The van der Waals surface area contributed by atoms with Crippen LogP contribution in [-0.4, -0.2) is 32.3 Å². The van der Waals surface area contributed by atoms with Gasteiger partial charge in [0.15, 0.2) is 5.78 Å². The van der Waals surface area contributed by atoms with E-state index in [-0.39, 0.29) is 25.2 Å². The Hall–Kier alpha value is -0.680. The highest BCUT2D eigenvalue weighted by Gasteiger charge is 2.28. The van der Waals surface area contributed by atoms with Gasteiger partial charge in [0.05, 0.1) is 24.8 Å². The van der Waals surface area contributed by atoms with Crippen molar-refractivity contribution in [2.45, 2.75) is 13.8 Å². The minimum atomic E-state index is -3.37. The SMILES string of the molecule is CCOP(=O)(CC(=O)c1ccc(OC)c(Br)c1)OCC. The minimum Gasteiger partial charge on any atom is -0.496 e. The second-order valence-corrected chi connectivity index (χ2v) is 6.79. The summed E-state index contributed by atoms with van der Waals surface area (Å²) in [6, 6.07) is 4.92. The second kappa shape index (κ2) is 7.93. The summed E-state index contributed by atoms with van der Waals surface area (Å²) in [4.78, 5) is 12.2. The lowest BCUT2D eigenvalue weighted by atomic mass is 10.1. The van der Waals surface area contributed by atoms with Crippen LogP contribution < -0.4 is 4.74 Å². The molecule has 0 aliphatic heterocycles. The number of halogens is 1. The molecule has 0 aliphatic carbocycles. The summed E-state index contributed by atoms with van der Waals surface area (Å²) in [5, 5.41) is 0. The van der Waals surface area contributed by atoms with Gasteiger partial charge in [0.1, 0.15) is 11.9 Å². The van der Waals surface area contributed by atoms with Gasteiger partial charge in [-0.2, -0.15) is 0 Å². The van der Waals surface area contributed by atoms with Gasteiger partial charge >= 0.3 is 7.60 Å². The monoisotopic (exact) mass is 364 g/mol. The molecule has 0 atom stereocenters. The van der Waals surface area contributed by atoms with Gasteiger partial charge in [-0.1, -0.05) is 0 Å². The van der Waals surface area contributed by atoms with Crippen molar-refractivity contribution in [3.63, 3.8) is 0 Å². The highest BCUT2D eigenvalue weighted by atomic mass is 79.9. The summed E-state index contributed by atoms with van der Waals surface area (Å²) in [6.07, 6.45) is -0.270. The Morgan fingerprint density at radius 3 is 2.30 bits per heavy atom. The lowest BCUT2D eigenvalue weighted by molar-refractivity contribution is 0.100. The smallest absolute Gasteiger partial charge is 0.338 e. The first kappa shape index (κ1) is 17.4. The number of hydrogen-bond acceptors (Lipinski definition) is 5. The lowest BCUT2D eigenvalue weighted by Crippen LogP contribution is -2.10. The summed E-state index contributed by atoms with van der Waals surface area (Å²) in [5.74, 6) is 0.331. The normalized spacial score (nSPS) is 11.4. The summed E-state index contributed by atoms with van der Waals surface area (Å²) < 4.78 is 28.3. The molecule has 7 heteroatoms. The van der Waals surface area contributed by atoms with Gasteiger partial charge < -0.3 is 13.8 Å². The molecule has 0 unspecified atom stereocenters. The zero-order valence-electron chi connectivity index (χ0n) is 11.7. The summed E-state index contributed by atoms with van der Waals surface area (Å²) in [5.41, 5.74) is 0.428. The fraction of sp³-hybridized carbons (Fsp3) is 0.462. The fourth-order valence-electron chi connectivity index (χ4n) is 1.63. The van der Waals surface area contributed by atoms with E-state index in [0.717, 1.165) is 0 Å². The number of carbonyl (C=O) groups is 1. The van der Waals surface area contributed by atoms with Gasteiger partial charge in [-0.3, -0.25) is 9.36 Å². The molecule has 112 valence electrons. The van der Waals surface area contributed by atoms with E-state index >= 15 is 0 Å². The first-order chi connectivity index (χ1) is 9.45. The van der Waals surface area contributed by atoms with Crippen LogP contribution in [0.1, 0.15) is 24.2 Å². The molecule has 1 aromatic carbocycles. The molecule has 0 saturated heterocycles. The fourth-order valence-corrected chi connectivity index (χ4v) is 3.75. The molecule has 0 heterocycles. The molecule has 0 saturated carbocycles. The number of ketones is 1. The van der Waals surface area contributed by atoms with E-state index in [4.69, 9.17) is 13.8 Å². The molecule has 5 nitrogen and oxygen atoms in total. The van der Waals surface area contributed by atoms with E-state index in [9.17, 15) is 9.36 Å². The molecular weight excluding hydrogens is 347 g/mol. The third kappa shape index (κ3) is 4.70. The van der Waals surface area contributed by atoms with E-state index in [1.165, 1.54) is 0 Å². The van der Waals surface area contributed by atoms with Crippen molar-refractivity contribution < 1.29 is 23.1 Å². The maximum absolute atomic E-state index is 12.3. The first-order valence-electron chi connectivity index (χ1n) is 6.20. The molecule has 1 aromatic rings. The topological polar surface area (TPSA) is 61.8 Å². The Labute approximate surface area is 127 Å². The van der Waals surface area contributed by atoms with E-state index in [1.807, 2.05) is 0 Å². The molecule has 0 spiro atoms. The van der Waals surface area contributed by atoms with E-state index in [1.54, 1.807) is 39.2 Å². The van der Waals surface area contributed by atoms with Crippen LogP contribution in [0.5, 0.6) is 5.75 Å². The van der Waals surface area contributed by atoms with E-state index < -0.39 is 7.60 Å². The average Bonchev–Trinajstić information content (AvgIpc) is 2.38. The van der Waals surface area contributed by atoms with E-state index in [2.05, 4.69) is 15.9 Å². The van der Waals surface area contributed by atoms with Crippen molar-refractivity contribution in [2.24, 2.45) is 0 Å². The third-order valence-electron chi connectivity index (χ3n) is 2.46. The predicted molar refractivity (Wildman–Crippen MR) is 80.8 cm³/mol. The molecule has 0 radical (unpaired) electrons. The van der Waals surface area contributed by atoms with Crippen LogP contribution in [0, 0.1) is 0 Å². The van der Waals surface area contributed by atoms with Crippen molar-refractivity contribution >= 4 is 29.3 Å². The summed E-state index contributed by atoms with van der Waals surface area (Å²) in [7, 11) is -1.83. The minimum absolute atomic E-state index is 0.233. The number of ether oxygens (including phenoxy) is 1. The van der Waals surface area contributed by atoms with Crippen molar-refractivity contribution in [3.8, 4) is 5.75 Å². The van der Waals surface area contributed by atoms with Gasteiger partial charge in [-0.25, -0.2) is 0 Å². The summed E-state index contributed by atoms with van der Waals surface area (Å²) in [6.45, 7) is 3.88. The molecule has 0 N–H and O–H groups in total. The predicted octanol–water partition coefficient (Wildman–Crippen LogP) is 3.91. The Morgan fingerprint density at radius 2 is 1.85 bits per heavy atom. The van der Waals surface area contributed by atoms with Crippen molar-refractivity contribution in [3.05, 3.63) is 28.2 Å². The highest BCUT2D eigenvalue weighted by Crippen LogP contribution is 2.48. The average molecular weight is 365 g/mol. The Balaban J connectivity index is 2.89. The van der Waals surface area contributed by atoms with Gasteiger partial charge in [-0.05, 0) is 48.0 Å². The number of benzene rings is 1. The first-order valence-corrected chi connectivity index (χ1v) is 8.72. The van der Waals surface area contributed by atoms with E-state index in [0.29, 0.717) is 15.8 Å². The highest BCUT2D eigenvalue weighted by molar-refractivity contribution is 9.10. The molecule has 0 amide bonds. The molecule has 0 bridgehead atoms. The van der Waals surface area contributed by atoms with Crippen LogP contribution in [0.3, 0.4) is 0 Å². The largest absolute Gasteiger partial charge is 0.496 e. The van der Waals surface area contributed by atoms with Crippen LogP contribution in [0.15, 0.2) is 22.7 Å². The van der Waals surface area contributed by atoms with Crippen LogP contribution in [-0.2, 0) is 13.6 Å². The van der Waals surface area contributed by atoms with Gasteiger partial charge in [0.2, 0.25) is 0 Å². The van der Waals surface area contributed by atoms with Crippen LogP contribution in [0.25, 0.3) is 0 Å². The third-order valence-corrected chi connectivity index (χ3v) is 5.06. The van der Waals surface area contributed by atoms with Gasteiger partial charge in [0.25, 0.3) is 0 Å². The standard InChI is InChI=1S/C13H18BrO5P/c1-4-18-20(16,19-5-2)9-12(15)10-6-7-13(17-3)11(14)8-10/h6-8H,4-5,9H2,1-3H3. The maximum Gasteiger partial charge on any atom is 0.338 e. The number of rotatable bonds is 8. The maximum atomic E-state index is 12.3. The molecule has 20 heavy (non-hydrogen) atoms. The Morgan fingerprint density at radius 1 is 1.25 bits per heavy atom. The van der Waals surface area contributed by atoms with Crippen molar-refractivity contribution in [2.75, 3.05) is 26.5 Å². The van der Waals surface area contributed by atoms with Crippen molar-refractivity contribution in [1.29, 1.82) is 0 Å². The quantitative estimate of drug-likeness (QED) is 0.516. The molecule has 1 rings (SSSR count). The Bertz CT molecular complexity index is 507. The number of Topliss-reactive ketones (excluding diaryl/α,β-unsaturated/α-hetero) is 1. The summed E-state index contributed by atoms with van der Waals surface area (Å²) >= 11 is 3.31. The molecule has 0 fully saturated rings. The van der Waals surface area contributed by atoms with Crippen LogP contribution in [0.2, 0.25) is 0 Å².